The largest absolute Gasteiger partial charge is 0.462 e. The van der Waals surface area contributed by atoms with Crippen LogP contribution in [0.4, 0.5) is 0 Å². The maximum absolute atomic E-state index is 12.7. The van der Waals surface area contributed by atoms with Gasteiger partial charge in [0.25, 0.3) is 0 Å². The second-order valence-electron chi connectivity index (χ2n) is 15.0. The Bertz CT molecular complexity index is 1320. The maximum Gasteiger partial charge on any atom is 0.306 e. The van der Waals surface area contributed by atoms with Crippen LogP contribution in [0.2, 0.25) is 0 Å². The molecule has 0 aromatic carbocycles. The molecule has 0 bridgehead atoms. The third-order valence-corrected chi connectivity index (χ3v) is 9.31. The van der Waals surface area contributed by atoms with Crippen molar-refractivity contribution >= 4 is 17.9 Å². The van der Waals surface area contributed by atoms with Crippen molar-refractivity contribution in [3.8, 4) is 0 Å². The zero-order valence-corrected chi connectivity index (χ0v) is 38.2. The molecule has 0 aliphatic carbocycles. The predicted molar refractivity (Wildman–Crippen MR) is 256 cm³/mol. The van der Waals surface area contributed by atoms with Crippen LogP contribution in [0.3, 0.4) is 0 Å². The van der Waals surface area contributed by atoms with Gasteiger partial charge >= 0.3 is 17.9 Å². The number of carbonyl (C=O) groups is 3. The molecule has 0 aliphatic heterocycles. The van der Waals surface area contributed by atoms with Gasteiger partial charge in [0.15, 0.2) is 6.10 Å². The minimum absolute atomic E-state index is 0.129. The van der Waals surface area contributed by atoms with E-state index in [0.717, 1.165) is 96.3 Å². The summed E-state index contributed by atoms with van der Waals surface area (Å²) in [6.45, 7) is 6.23. The highest BCUT2D eigenvalue weighted by Gasteiger charge is 2.19. The van der Waals surface area contributed by atoms with Gasteiger partial charge in [-0.15, -0.1) is 0 Å². The van der Waals surface area contributed by atoms with Gasteiger partial charge in [-0.25, -0.2) is 0 Å². The number of unbranched alkanes of at least 4 members (excludes halogenated alkanes) is 13. The van der Waals surface area contributed by atoms with Gasteiger partial charge in [0.2, 0.25) is 0 Å². The van der Waals surface area contributed by atoms with Gasteiger partial charge in [-0.2, -0.15) is 0 Å². The van der Waals surface area contributed by atoms with Crippen molar-refractivity contribution in [1.82, 2.24) is 0 Å². The Morgan fingerprint density at radius 3 is 1.27 bits per heavy atom. The van der Waals surface area contributed by atoms with E-state index in [0.29, 0.717) is 19.3 Å². The summed E-state index contributed by atoms with van der Waals surface area (Å²) in [6.07, 6.45) is 64.7. The molecule has 0 heterocycles. The highest BCUT2D eigenvalue weighted by molar-refractivity contribution is 5.71. The number of carbonyl (C=O) groups excluding carboxylic acids is 3. The van der Waals surface area contributed by atoms with Gasteiger partial charge in [-0.05, 0) is 96.3 Å². The quantitative estimate of drug-likeness (QED) is 0.0201. The third kappa shape index (κ3) is 44.9. The fourth-order valence-corrected chi connectivity index (χ4v) is 5.81. The number of allylic oxidation sites excluding steroid dienone is 20. The molecule has 1 unspecified atom stereocenters. The zero-order chi connectivity index (χ0) is 43.7. The molecule has 6 nitrogen and oxygen atoms in total. The summed E-state index contributed by atoms with van der Waals surface area (Å²) in [5.41, 5.74) is 0. The Labute approximate surface area is 367 Å². The lowest BCUT2D eigenvalue weighted by Crippen LogP contribution is -2.30. The zero-order valence-electron chi connectivity index (χ0n) is 38.2. The molecular weight excluding hydrogens is 745 g/mol. The van der Waals surface area contributed by atoms with Gasteiger partial charge in [0.1, 0.15) is 13.2 Å². The van der Waals surface area contributed by atoms with Crippen molar-refractivity contribution in [2.24, 2.45) is 0 Å². The van der Waals surface area contributed by atoms with Gasteiger partial charge in [-0.1, -0.05) is 187 Å². The number of hydrogen-bond acceptors (Lipinski definition) is 6. The van der Waals surface area contributed by atoms with Gasteiger partial charge in [-0.3, -0.25) is 14.4 Å². The number of rotatable bonds is 40. The van der Waals surface area contributed by atoms with Crippen molar-refractivity contribution in [2.75, 3.05) is 13.2 Å². The number of ether oxygens (including phenoxy) is 3. The second kappa shape index (κ2) is 47.5. The monoisotopic (exact) mass is 829 g/mol. The summed E-state index contributed by atoms with van der Waals surface area (Å²) in [4.78, 5) is 37.8. The van der Waals surface area contributed by atoms with E-state index in [1.807, 2.05) is 54.7 Å². The highest BCUT2D eigenvalue weighted by atomic mass is 16.6. The van der Waals surface area contributed by atoms with E-state index in [1.54, 1.807) is 0 Å². The molecular formula is C54H84O6. The molecule has 336 valence electrons. The van der Waals surface area contributed by atoms with E-state index in [1.165, 1.54) is 38.5 Å². The second-order valence-corrected chi connectivity index (χ2v) is 15.0. The minimum atomic E-state index is -0.836. The van der Waals surface area contributed by atoms with Gasteiger partial charge in [0.05, 0.1) is 0 Å². The van der Waals surface area contributed by atoms with Crippen molar-refractivity contribution in [3.05, 3.63) is 122 Å². The molecule has 0 radical (unpaired) electrons. The molecule has 0 fully saturated rings. The first-order chi connectivity index (χ1) is 29.5. The fraction of sp³-hybridized carbons (Fsp3) is 0.574. The molecule has 6 heteroatoms. The van der Waals surface area contributed by atoms with Crippen LogP contribution in [0, 0.1) is 0 Å². The predicted octanol–water partition coefficient (Wildman–Crippen LogP) is 15.4. The molecule has 0 amide bonds. The number of hydrogen-bond donors (Lipinski definition) is 0. The average molecular weight is 829 g/mol. The average Bonchev–Trinajstić information content (AvgIpc) is 3.24. The summed E-state index contributed by atoms with van der Waals surface area (Å²) in [7, 11) is 0. The lowest BCUT2D eigenvalue weighted by atomic mass is 10.1. The van der Waals surface area contributed by atoms with E-state index in [9.17, 15) is 14.4 Å². The molecule has 0 rings (SSSR count). The van der Waals surface area contributed by atoms with Crippen LogP contribution in [0.15, 0.2) is 122 Å². The van der Waals surface area contributed by atoms with E-state index < -0.39 is 12.1 Å². The lowest BCUT2D eigenvalue weighted by Gasteiger charge is -2.18. The molecule has 0 aromatic rings. The molecule has 0 N–H and O–H groups in total. The van der Waals surface area contributed by atoms with Crippen LogP contribution in [0.25, 0.3) is 0 Å². The summed E-state index contributed by atoms with van der Waals surface area (Å²) in [5, 5.41) is 0. The van der Waals surface area contributed by atoms with E-state index in [-0.39, 0.29) is 31.6 Å². The smallest absolute Gasteiger partial charge is 0.306 e. The van der Waals surface area contributed by atoms with Crippen molar-refractivity contribution < 1.29 is 28.6 Å². The molecule has 60 heavy (non-hydrogen) atoms. The Morgan fingerprint density at radius 1 is 0.367 bits per heavy atom. The summed E-state index contributed by atoms with van der Waals surface area (Å²) in [6, 6.07) is 0. The first-order valence-electron chi connectivity index (χ1n) is 23.6. The normalized spacial score (nSPS) is 13.2. The van der Waals surface area contributed by atoms with Crippen LogP contribution in [-0.2, 0) is 28.6 Å². The van der Waals surface area contributed by atoms with Gasteiger partial charge in [0, 0.05) is 19.3 Å². The van der Waals surface area contributed by atoms with E-state index >= 15 is 0 Å². The third-order valence-electron chi connectivity index (χ3n) is 9.31. The van der Waals surface area contributed by atoms with Crippen LogP contribution in [0.5, 0.6) is 0 Å². The summed E-state index contributed by atoms with van der Waals surface area (Å²) >= 11 is 0. The van der Waals surface area contributed by atoms with Crippen LogP contribution < -0.4 is 0 Å². The highest BCUT2D eigenvalue weighted by Crippen LogP contribution is 2.11. The molecule has 0 spiro atoms. The molecule has 1 atom stereocenters. The lowest BCUT2D eigenvalue weighted by molar-refractivity contribution is -0.167. The number of esters is 3. The summed E-state index contributed by atoms with van der Waals surface area (Å²) < 4.78 is 16.6. The minimum Gasteiger partial charge on any atom is -0.462 e. The van der Waals surface area contributed by atoms with E-state index in [2.05, 4.69) is 87.6 Å². The van der Waals surface area contributed by atoms with Crippen LogP contribution in [0.1, 0.15) is 181 Å². The van der Waals surface area contributed by atoms with Crippen molar-refractivity contribution in [1.29, 1.82) is 0 Å². The molecule has 0 aromatic heterocycles. The van der Waals surface area contributed by atoms with E-state index in [4.69, 9.17) is 14.2 Å². The molecule has 0 aliphatic rings. The van der Waals surface area contributed by atoms with Crippen LogP contribution >= 0.6 is 0 Å². The Kier molecular flexibility index (Phi) is 44.2. The van der Waals surface area contributed by atoms with Crippen molar-refractivity contribution in [3.63, 3.8) is 0 Å². The van der Waals surface area contributed by atoms with Crippen LogP contribution in [-0.4, -0.2) is 37.2 Å². The topological polar surface area (TPSA) is 78.9 Å². The van der Waals surface area contributed by atoms with Crippen molar-refractivity contribution in [2.45, 2.75) is 187 Å². The Balaban J connectivity index is 4.59. The first-order valence-corrected chi connectivity index (χ1v) is 23.6. The first kappa shape index (κ1) is 55.8. The summed E-state index contributed by atoms with van der Waals surface area (Å²) in [5.74, 6) is -1.06. The molecule has 0 saturated carbocycles. The SMILES string of the molecule is CC/C=C/C=C/C=C/C=C/C=C/CCCC(=O)OC(COC(=O)CCCCC/C=C/C/C=C/C/C=C/C/C=C/CC)COC(=O)CCCCC/C=C/CCCCCCCC. The Hall–Kier alpha value is -4.19. The van der Waals surface area contributed by atoms with Gasteiger partial charge < -0.3 is 14.2 Å². The molecule has 0 saturated heterocycles. The Morgan fingerprint density at radius 2 is 0.750 bits per heavy atom. The standard InChI is InChI=1S/C54H84O6/c1-4-7-10-13-16-19-22-25-26-27-30-32-35-38-41-44-47-53(56)59-50-51(60-54(57)48-45-42-39-36-33-29-24-21-18-15-12-9-6-3)49-58-52(55)46-43-40-37-34-31-28-23-20-17-14-11-8-5-2/h7,9-10,12,15-16,18-19,21,24-26,28-33,36,39,51H,4-6,8,11,13-14,17,20,22-23,27,34-35,37-38,40-50H2,1-3H3/b10-7+,12-9+,18-15+,19-16+,24-21+,26-25+,31-28+,32-30+,33-29+,39-36+. The fourth-order valence-electron chi connectivity index (χ4n) is 5.81. The maximum atomic E-state index is 12.7.